The highest BCUT2D eigenvalue weighted by molar-refractivity contribution is 7.99. The molecule has 1 aliphatic rings. The summed E-state index contributed by atoms with van der Waals surface area (Å²) in [6.07, 6.45) is 0. The Morgan fingerprint density at radius 1 is 1.75 bits per heavy atom. The first-order chi connectivity index (χ1) is 5.68. The van der Waals surface area contributed by atoms with Gasteiger partial charge in [-0.3, -0.25) is 9.36 Å². The van der Waals surface area contributed by atoms with E-state index >= 15 is 0 Å². The van der Waals surface area contributed by atoms with Crippen LogP contribution in [0.15, 0.2) is 22.6 Å². The van der Waals surface area contributed by atoms with Gasteiger partial charge in [0.25, 0.3) is 5.56 Å². The Morgan fingerprint density at radius 3 is 3.25 bits per heavy atom. The summed E-state index contributed by atoms with van der Waals surface area (Å²) in [4.78, 5) is 15.6. The Labute approximate surface area is 74.1 Å². The molecule has 0 unspecified atom stereocenters. The monoisotopic (exact) mass is 180 g/mol. The molecule has 12 heavy (non-hydrogen) atoms. The molecular weight excluding hydrogens is 172 g/mol. The van der Waals surface area contributed by atoms with Crippen molar-refractivity contribution in [1.29, 1.82) is 0 Å². The largest absolute Gasteiger partial charge is 0.269 e. The molecule has 0 atom stereocenters. The summed E-state index contributed by atoms with van der Waals surface area (Å²) < 4.78 is 1.57. The van der Waals surface area contributed by atoms with Crippen molar-refractivity contribution in [2.45, 2.75) is 12.1 Å². The van der Waals surface area contributed by atoms with Crippen molar-refractivity contribution in [2.24, 2.45) is 0 Å². The molecule has 0 saturated heterocycles. The summed E-state index contributed by atoms with van der Waals surface area (Å²) in [5.41, 5.74) is 1.58. The van der Waals surface area contributed by atoms with Crippen LogP contribution in [-0.4, -0.2) is 15.3 Å². The Morgan fingerprint density at radius 2 is 2.50 bits per heavy atom. The maximum atomic E-state index is 11.4. The van der Waals surface area contributed by atoms with Gasteiger partial charge in [0.05, 0.1) is 0 Å². The smallest absolute Gasteiger partial charge is 0.258 e. The van der Waals surface area contributed by atoms with Gasteiger partial charge in [-0.1, -0.05) is 18.3 Å². The highest BCUT2D eigenvalue weighted by Gasteiger charge is 2.17. The first kappa shape index (κ1) is 7.61. The second kappa shape index (κ2) is 2.48. The quantitative estimate of drug-likeness (QED) is 0.561. The fraction of sp³-hybridized carbons (Fsp3) is 0.250. The van der Waals surface area contributed by atoms with Gasteiger partial charge in [0, 0.05) is 23.2 Å². The minimum Gasteiger partial charge on any atom is -0.269 e. The number of aromatic nitrogens is 2. The van der Waals surface area contributed by atoms with Crippen LogP contribution < -0.4 is 5.56 Å². The van der Waals surface area contributed by atoms with Crippen molar-refractivity contribution in [3.05, 3.63) is 28.7 Å². The number of aryl methyl sites for hydroxylation is 1. The third-order valence-electron chi connectivity index (χ3n) is 1.70. The van der Waals surface area contributed by atoms with Crippen LogP contribution in [0.25, 0.3) is 5.70 Å². The maximum absolute atomic E-state index is 11.4. The molecule has 0 aliphatic carbocycles. The van der Waals surface area contributed by atoms with Crippen LogP contribution in [0.3, 0.4) is 0 Å². The van der Waals surface area contributed by atoms with Gasteiger partial charge < -0.3 is 0 Å². The van der Waals surface area contributed by atoms with Gasteiger partial charge in [-0.25, -0.2) is 4.98 Å². The zero-order chi connectivity index (χ0) is 8.72. The van der Waals surface area contributed by atoms with E-state index in [0.29, 0.717) is 0 Å². The normalized spacial score (nSPS) is 14.9. The first-order valence-electron chi connectivity index (χ1n) is 3.60. The van der Waals surface area contributed by atoms with Gasteiger partial charge >= 0.3 is 0 Å². The van der Waals surface area contributed by atoms with Gasteiger partial charge in [-0.15, -0.1) is 0 Å². The van der Waals surface area contributed by atoms with E-state index in [-0.39, 0.29) is 5.56 Å². The maximum Gasteiger partial charge on any atom is 0.258 e. The summed E-state index contributed by atoms with van der Waals surface area (Å²) in [5.74, 6) is 0.770. The summed E-state index contributed by atoms with van der Waals surface area (Å²) in [7, 11) is 0. The lowest BCUT2D eigenvalue weighted by Crippen LogP contribution is -2.18. The fourth-order valence-electron chi connectivity index (χ4n) is 1.17. The van der Waals surface area contributed by atoms with Crippen molar-refractivity contribution < 1.29 is 0 Å². The fourth-order valence-corrected chi connectivity index (χ4v) is 2.15. The summed E-state index contributed by atoms with van der Waals surface area (Å²) in [6.45, 7) is 5.61. The molecule has 1 aromatic heterocycles. The highest BCUT2D eigenvalue weighted by Crippen LogP contribution is 2.27. The number of thioether (sulfide) groups is 1. The molecular formula is C8H8N2OS. The molecule has 2 rings (SSSR count). The van der Waals surface area contributed by atoms with Gasteiger partial charge in [0.1, 0.15) is 0 Å². The number of hydrogen-bond donors (Lipinski definition) is 0. The number of nitrogens with zero attached hydrogens (tertiary/aromatic N) is 2. The van der Waals surface area contributed by atoms with Crippen molar-refractivity contribution in [3.63, 3.8) is 0 Å². The SMILES string of the molecule is C=C1CSc2nc(C)cc(=O)n21. The second-order valence-corrected chi connectivity index (χ2v) is 3.65. The molecule has 1 aliphatic heterocycles. The van der Waals surface area contributed by atoms with Crippen LogP contribution in [0.4, 0.5) is 0 Å². The molecule has 3 nitrogen and oxygen atoms in total. The third kappa shape index (κ3) is 0.992. The second-order valence-electron chi connectivity index (χ2n) is 2.71. The average molecular weight is 180 g/mol. The topological polar surface area (TPSA) is 34.9 Å². The molecule has 1 aromatic rings. The van der Waals surface area contributed by atoms with Gasteiger partial charge in [-0.2, -0.15) is 0 Å². The molecule has 0 saturated carbocycles. The van der Waals surface area contributed by atoms with Crippen LogP contribution in [0.5, 0.6) is 0 Å². The van der Waals surface area contributed by atoms with Crippen LogP contribution in [0.1, 0.15) is 5.69 Å². The Bertz CT molecular complexity index is 408. The Hall–Kier alpha value is -1.03. The van der Waals surface area contributed by atoms with E-state index in [9.17, 15) is 4.79 Å². The molecule has 62 valence electrons. The zero-order valence-electron chi connectivity index (χ0n) is 6.70. The van der Waals surface area contributed by atoms with Gasteiger partial charge in [0.15, 0.2) is 5.16 Å². The summed E-state index contributed by atoms with van der Waals surface area (Å²) in [6, 6.07) is 1.53. The number of hydrogen-bond acceptors (Lipinski definition) is 3. The van der Waals surface area contributed by atoms with Crippen LogP contribution in [0.2, 0.25) is 0 Å². The van der Waals surface area contributed by atoms with E-state index in [2.05, 4.69) is 11.6 Å². The average Bonchev–Trinajstić information content (AvgIpc) is 2.31. The van der Waals surface area contributed by atoms with Crippen molar-refractivity contribution in [3.8, 4) is 0 Å². The lowest BCUT2D eigenvalue weighted by Gasteiger charge is -2.01. The van der Waals surface area contributed by atoms with E-state index in [1.807, 2.05) is 6.92 Å². The predicted molar refractivity (Wildman–Crippen MR) is 49.3 cm³/mol. The molecule has 0 spiro atoms. The highest BCUT2D eigenvalue weighted by atomic mass is 32.2. The van der Waals surface area contributed by atoms with Crippen molar-refractivity contribution in [1.82, 2.24) is 9.55 Å². The number of fused-ring (bicyclic) bond motifs is 1. The molecule has 0 amide bonds. The van der Waals surface area contributed by atoms with Gasteiger partial charge in [0.2, 0.25) is 0 Å². The minimum atomic E-state index is -0.0208. The Balaban J connectivity index is 2.77. The van der Waals surface area contributed by atoms with Crippen molar-refractivity contribution in [2.75, 3.05) is 5.75 Å². The standard InChI is InChI=1S/C8H8N2OS/c1-5-3-7(11)10-6(2)4-12-8(10)9-5/h3H,2,4H2,1H3. The summed E-state index contributed by atoms with van der Waals surface area (Å²) in [5, 5.41) is 0.769. The lowest BCUT2D eigenvalue weighted by atomic mass is 10.4. The summed E-state index contributed by atoms with van der Waals surface area (Å²) >= 11 is 1.56. The van der Waals surface area contributed by atoms with E-state index in [1.165, 1.54) is 6.07 Å². The zero-order valence-corrected chi connectivity index (χ0v) is 7.52. The van der Waals surface area contributed by atoms with Crippen molar-refractivity contribution >= 4 is 17.5 Å². The van der Waals surface area contributed by atoms with E-state index < -0.39 is 0 Å². The molecule has 0 fully saturated rings. The van der Waals surface area contributed by atoms with Crippen LogP contribution in [-0.2, 0) is 0 Å². The molecule has 4 heteroatoms. The third-order valence-corrected chi connectivity index (χ3v) is 2.71. The Kier molecular flexibility index (Phi) is 1.58. The minimum absolute atomic E-state index is 0.0208. The molecule has 0 aromatic carbocycles. The van der Waals surface area contributed by atoms with E-state index in [4.69, 9.17) is 0 Å². The molecule has 0 N–H and O–H groups in total. The first-order valence-corrected chi connectivity index (χ1v) is 4.59. The number of rotatable bonds is 0. The molecule has 2 heterocycles. The van der Waals surface area contributed by atoms with Gasteiger partial charge in [-0.05, 0) is 6.92 Å². The predicted octanol–water partition coefficient (Wildman–Crippen LogP) is 1.13. The van der Waals surface area contributed by atoms with E-state index in [1.54, 1.807) is 16.3 Å². The molecule has 0 radical (unpaired) electrons. The van der Waals surface area contributed by atoms with Crippen LogP contribution in [0, 0.1) is 6.92 Å². The lowest BCUT2D eigenvalue weighted by molar-refractivity contribution is 0.812. The van der Waals surface area contributed by atoms with Crippen LogP contribution >= 0.6 is 11.8 Å². The molecule has 0 bridgehead atoms. The van der Waals surface area contributed by atoms with E-state index in [0.717, 1.165) is 22.3 Å².